The predicted molar refractivity (Wildman–Crippen MR) is 59.7 cm³/mol. The van der Waals surface area contributed by atoms with Crippen LogP contribution in [0.3, 0.4) is 0 Å². The zero-order chi connectivity index (χ0) is 12.9. The second-order valence-corrected chi connectivity index (χ2v) is 3.78. The van der Waals surface area contributed by atoms with E-state index in [9.17, 15) is 18.0 Å². The third-order valence-corrected chi connectivity index (χ3v) is 2.46. The highest BCUT2D eigenvalue weighted by atomic mass is 19.4. The van der Waals surface area contributed by atoms with Gasteiger partial charge >= 0.3 is 6.18 Å². The van der Waals surface area contributed by atoms with Crippen LogP contribution in [-0.2, 0) is 6.42 Å². The van der Waals surface area contributed by atoms with Crippen LogP contribution in [-0.4, -0.2) is 12.0 Å². The summed E-state index contributed by atoms with van der Waals surface area (Å²) in [5.74, 6) is -1.76. The minimum absolute atomic E-state index is 0.226. The van der Waals surface area contributed by atoms with E-state index in [2.05, 4.69) is 0 Å². The lowest BCUT2D eigenvalue weighted by Crippen LogP contribution is -2.24. The van der Waals surface area contributed by atoms with Crippen molar-refractivity contribution in [2.24, 2.45) is 0 Å². The lowest BCUT2D eigenvalue weighted by atomic mass is 9.98. The molecule has 1 aromatic carbocycles. The van der Waals surface area contributed by atoms with E-state index in [0.717, 1.165) is 12.8 Å². The van der Waals surface area contributed by atoms with Crippen LogP contribution in [0.4, 0.5) is 13.2 Å². The molecular formula is C13H14F3O. The van der Waals surface area contributed by atoms with Gasteiger partial charge in [-0.15, -0.1) is 0 Å². The molecule has 0 atom stereocenters. The number of aryl methyl sites for hydroxylation is 1. The molecule has 0 aromatic heterocycles. The molecule has 0 N–H and O–H groups in total. The van der Waals surface area contributed by atoms with Crippen LogP contribution in [0.5, 0.6) is 0 Å². The highest BCUT2D eigenvalue weighted by Gasteiger charge is 2.39. The van der Waals surface area contributed by atoms with Crippen molar-refractivity contribution in [1.82, 2.24) is 0 Å². The summed E-state index contributed by atoms with van der Waals surface area (Å²) in [6.07, 6.45) is -0.781. The summed E-state index contributed by atoms with van der Waals surface area (Å²) < 4.78 is 37.0. The van der Waals surface area contributed by atoms with E-state index in [1.54, 1.807) is 12.1 Å². The minimum atomic E-state index is -4.80. The van der Waals surface area contributed by atoms with E-state index < -0.39 is 12.0 Å². The first-order valence-corrected chi connectivity index (χ1v) is 5.44. The first-order valence-electron chi connectivity index (χ1n) is 5.44. The third-order valence-electron chi connectivity index (χ3n) is 2.46. The lowest BCUT2D eigenvalue weighted by molar-refractivity contribution is -0.0885. The molecule has 0 saturated heterocycles. The average molecular weight is 243 g/mol. The standard InChI is InChI=1S/C13H14F3O/c1-2-3-4-7-10-8-5-6-9-11(10)12(17)13(14,15)16/h2,5-6,8-9H,3-4,7H2,1H3. The molecule has 93 valence electrons. The molecule has 4 heteroatoms. The van der Waals surface area contributed by atoms with Crippen LogP contribution in [0, 0.1) is 6.42 Å². The topological polar surface area (TPSA) is 17.1 Å². The van der Waals surface area contributed by atoms with Gasteiger partial charge in [0.2, 0.25) is 0 Å². The van der Waals surface area contributed by atoms with Gasteiger partial charge in [0, 0.05) is 5.56 Å². The summed E-state index contributed by atoms with van der Waals surface area (Å²) in [5, 5.41) is 0. The Kier molecular flexibility index (Phi) is 4.73. The van der Waals surface area contributed by atoms with Crippen molar-refractivity contribution in [2.75, 3.05) is 0 Å². The van der Waals surface area contributed by atoms with Gasteiger partial charge in [0.1, 0.15) is 0 Å². The van der Waals surface area contributed by atoms with Crippen molar-refractivity contribution in [2.45, 2.75) is 32.4 Å². The second-order valence-electron chi connectivity index (χ2n) is 3.78. The number of carbonyl (C=O) groups is 1. The maximum absolute atomic E-state index is 12.3. The van der Waals surface area contributed by atoms with E-state index in [4.69, 9.17) is 0 Å². The summed E-state index contributed by atoms with van der Waals surface area (Å²) in [5.41, 5.74) is 0.243. The van der Waals surface area contributed by atoms with E-state index in [1.807, 2.05) is 13.3 Å². The molecule has 1 rings (SSSR count). The van der Waals surface area contributed by atoms with Crippen LogP contribution in [0.2, 0.25) is 0 Å². The van der Waals surface area contributed by atoms with Gasteiger partial charge in [0.15, 0.2) is 0 Å². The number of halogens is 3. The fourth-order valence-corrected chi connectivity index (χ4v) is 1.61. The highest BCUT2D eigenvalue weighted by Crippen LogP contribution is 2.24. The molecule has 0 aliphatic rings. The Bertz CT molecular complexity index is 382. The Morgan fingerprint density at radius 1 is 1.29 bits per heavy atom. The zero-order valence-electron chi connectivity index (χ0n) is 9.55. The van der Waals surface area contributed by atoms with Gasteiger partial charge in [-0.05, 0) is 24.8 Å². The van der Waals surface area contributed by atoms with Crippen LogP contribution >= 0.6 is 0 Å². The number of ketones is 1. The summed E-state index contributed by atoms with van der Waals surface area (Å²) in [4.78, 5) is 11.2. The largest absolute Gasteiger partial charge is 0.454 e. The molecule has 0 amide bonds. The van der Waals surface area contributed by atoms with Gasteiger partial charge in [-0.1, -0.05) is 37.6 Å². The summed E-state index contributed by atoms with van der Waals surface area (Å²) >= 11 is 0. The Morgan fingerprint density at radius 3 is 2.53 bits per heavy atom. The minimum Gasteiger partial charge on any atom is -0.284 e. The maximum Gasteiger partial charge on any atom is 0.454 e. The van der Waals surface area contributed by atoms with Crippen LogP contribution < -0.4 is 0 Å². The first kappa shape index (κ1) is 13.7. The molecule has 17 heavy (non-hydrogen) atoms. The van der Waals surface area contributed by atoms with Crippen molar-refractivity contribution in [3.05, 3.63) is 41.8 Å². The number of alkyl halides is 3. The number of rotatable bonds is 5. The molecule has 0 unspecified atom stereocenters. The Labute approximate surface area is 98.6 Å². The van der Waals surface area contributed by atoms with Gasteiger partial charge in [-0.2, -0.15) is 13.2 Å². The first-order chi connectivity index (χ1) is 7.96. The average Bonchev–Trinajstić information content (AvgIpc) is 2.28. The normalized spacial score (nSPS) is 11.5. The molecule has 1 nitrogen and oxygen atoms in total. The highest BCUT2D eigenvalue weighted by molar-refractivity contribution is 6.01. The van der Waals surface area contributed by atoms with Gasteiger partial charge in [0.05, 0.1) is 0 Å². The summed E-state index contributed by atoms with van der Waals surface area (Å²) in [7, 11) is 0. The third kappa shape index (κ3) is 3.88. The Morgan fingerprint density at radius 2 is 1.94 bits per heavy atom. The fourth-order valence-electron chi connectivity index (χ4n) is 1.61. The molecule has 1 aromatic rings. The molecule has 0 aliphatic carbocycles. The van der Waals surface area contributed by atoms with Crippen molar-refractivity contribution >= 4 is 5.78 Å². The van der Waals surface area contributed by atoms with E-state index >= 15 is 0 Å². The van der Waals surface area contributed by atoms with Crippen molar-refractivity contribution in [3.63, 3.8) is 0 Å². The number of benzene rings is 1. The van der Waals surface area contributed by atoms with E-state index in [-0.39, 0.29) is 5.56 Å². The number of hydrogen-bond donors (Lipinski definition) is 0. The SMILES string of the molecule is C[CH]CCCc1ccccc1C(=O)C(F)(F)F. The molecule has 0 spiro atoms. The van der Waals surface area contributed by atoms with Gasteiger partial charge in [-0.3, -0.25) is 4.79 Å². The molecule has 0 saturated carbocycles. The van der Waals surface area contributed by atoms with Gasteiger partial charge < -0.3 is 0 Å². The smallest absolute Gasteiger partial charge is 0.284 e. The molecule has 1 radical (unpaired) electrons. The van der Waals surface area contributed by atoms with Crippen LogP contribution in [0.1, 0.15) is 35.7 Å². The molecular weight excluding hydrogens is 229 g/mol. The van der Waals surface area contributed by atoms with Gasteiger partial charge in [-0.25, -0.2) is 0 Å². The van der Waals surface area contributed by atoms with Crippen molar-refractivity contribution in [1.29, 1.82) is 0 Å². The number of hydrogen-bond acceptors (Lipinski definition) is 1. The quantitative estimate of drug-likeness (QED) is 0.564. The maximum atomic E-state index is 12.3. The Balaban J connectivity index is 2.88. The molecule has 0 heterocycles. The lowest BCUT2D eigenvalue weighted by Gasteiger charge is -2.10. The number of carbonyl (C=O) groups excluding carboxylic acids is 1. The second kappa shape index (κ2) is 5.84. The molecule has 0 aliphatic heterocycles. The van der Waals surface area contributed by atoms with Crippen LogP contribution in [0.25, 0.3) is 0 Å². The summed E-state index contributed by atoms with van der Waals surface area (Å²) in [6, 6.07) is 5.92. The zero-order valence-corrected chi connectivity index (χ0v) is 9.55. The summed E-state index contributed by atoms with van der Waals surface area (Å²) in [6.45, 7) is 1.90. The van der Waals surface area contributed by atoms with E-state index in [1.165, 1.54) is 12.1 Å². The van der Waals surface area contributed by atoms with Crippen molar-refractivity contribution in [3.8, 4) is 0 Å². The van der Waals surface area contributed by atoms with E-state index in [0.29, 0.717) is 12.0 Å². The van der Waals surface area contributed by atoms with Gasteiger partial charge in [0.25, 0.3) is 5.78 Å². The fraction of sp³-hybridized carbons (Fsp3) is 0.385. The van der Waals surface area contributed by atoms with Crippen molar-refractivity contribution < 1.29 is 18.0 Å². The predicted octanol–water partition coefficient (Wildman–Crippen LogP) is 3.98. The Hall–Kier alpha value is -1.32. The number of unbranched alkanes of at least 4 members (excludes halogenated alkanes) is 2. The number of Topliss-reactive ketones (excluding diaryl/α,β-unsaturated/α-hetero) is 1. The molecule has 0 bridgehead atoms. The molecule has 0 fully saturated rings. The van der Waals surface area contributed by atoms with Crippen LogP contribution in [0.15, 0.2) is 24.3 Å². The monoisotopic (exact) mass is 243 g/mol.